The van der Waals surface area contributed by atoms with E-state index in [4.69, 9.17) is 0 Å². The van der Waals surface area contributed by atoms with Crippen LogP contribution in [-0.4, -0.2) is 127 Å². The van der Waals surface area contributed by atoms with E-state index in [0.29, 0.717) is 0 Å². The van der Waals surface area contributed by atoms with Crippen molar-refractivity contribution in [3.8, 4) is 0 Å². The molecule has 0 bridgehead atoms. The Balaban J connectivity index is -0.0000000252. The zero-order valence-electron chi connectivity index (χ0n) is 22.4. The molecule has 0 saturated carbocycles. The molecule has 0 aliphatic heterocycles. The fourth-order valence-electron chi connectivity index (χ4n) is 3.16. The summed E-state index contributed by atoms with van der Waals surface area (Å²) in [5.41, 5.74) is 0. The molecular formula is C28H80Br2Cl2N4. The lowest BCUT2D eigenvalue weighted by atomic mass is 10.2. The van der Waals surface area contributed by atoms with Crippen molar-refractivity contribution in [3.05, 3.63) is 0 Å². The second-order valence-corrected chi connectivity index (χ2v) is 10.7. The number of rotatable bonds is 12. The molecule has 0 amide bonds. The van der Waals surface area contributed by atoms with Gasteiger partial charge in [-0.05, 0) is 27.7 Å². The summed E-state index contributed by atoms with van der Waals surface area (Å²) in [4.78, 5) is 0. The average molecular weight is 704 g/mol. The van der Waals surface area contributed by atoms with Crippen LogP contribution in [0.15, 0.2) is 0 Å². The van der Waals surface area contributed by atoms with E-state index in [1.807, 2.05) is 0 Å². The predicted molar refractivity (Wildman–Crippen MR) is 160 cm³/mol. The Morgan fingerprint density at radius 1 is 0.389 bits per heavy atom. The Morgan fingerprint density at radius 2 is 0.639 bits per heavy atom. The Labute approximate surface area is 269 Å². The predicted octanol–water partition coefficient (Wildman–Crippen LogP) is -5.03. The van der Waals surface area contributed by atoms with Crippen molar-refractivity contribution in [3.63, 3.8) is 0 Å². The standard InChI is InChI=1S/C12H30N2.C10H26N2.6CH4.2BrH.2ClH/c1-7-14(8-2,9-3)12-10-11-13(4,5)6;1-7-12(5,6)10-8-9-11(2,3)4;;;;;;;;;;/h7-12H2,1-6H3;7-10H2,1-6H3;6*1H4;4*1H/q2*+2;;;;;;;;;;/p-4. The van der Waals surface area contributed by atoms with Gasteiger partial charge in [-0.1, -0.05) is 44.6 Å². The average Bonchev–Trinajstić information content (AvgIpc) is 2.50. The zero-order valence-corrected chi connectivity index (χ0v) is 27.1. The van der Waals surface area contributed by atoms with E-state index in [-0.39, 0.29) is 103 Å². The lowest BCUT2D eigenvalue weighted by Crippen LogP contribution is -3.00. The van der Waals surface area contributed by atoms with Crippen LogP contribution in [0.1, 0.15) is 85.1 Å². The van der Waals surface area contributed by atoms with Gasteiger partial charge in [-0.3, -0.25) is 0 Å². The van der Waals surface area contributed by atoms with Gasteiger partial charge in [0.15, 0.2) is 0 Å². The number of quaternary nitrogens is 4. The van der Waals surface area contributed by atoms with Crippen molar-refractivity contribution in [1.82, 2.24) is 0 Å². The molecular weight excluding hydrogens is 623 g/mol. The van der Waals surface area contributed by atoms with Gasteiger partial charge in [0.25, 0.3) is 0 Å². The fourth-order valence-corrected chi connectivity index (χ4v) is 3.16. The summed E-state index contributed by atoms with van der Waals surface area (Å²) in [5, 5.41) is 0. The first-order chi connectivity index (χ1) is 11.7. The minimum absolute atomic E-state index is 0. The smallest absolute Gasteiger partial charge is 0.0840 e. The van der Waals surface area contributed by atoms with Crippen molar-refractivity contribution in [2.24, 2.45) is 0 Å². The van der Waals surface area contributed by atoms with Gasteiger partial charge in [0.1, 0.15) is 0 Å². The molecule has 0 aromatic rings. The van der Waals surface area contributed by atoms with Crippen molar-refractivity contribution in [2.75, 3.05) is 109 Å². The van der Waals surface area contributed by atoms with E-state index >= 15 is 0 Å². The molecule has 8 heteroatoms. The molecule has 0 radical (unpaired) electrons. The van der Waals surface area contributed by atoms with E-state index in [0.717, 1.165) is 13.4 Å². The van der Waals surface area contributed by atoms with E-state index in [1.54, 1.807) is 0 Å². The zero-order chi connectivity index (χ0) is 21.1. The van der Waals surface area contributed by atoms with E-state index in [2.05, 4.69) is 84.1 Å². The van der Waals surface area contributed by atoms with E-state index in [1.165, 1.54) is 69.7 Å². The summed E-state index contributed by atoms with van der Waals surface area (Å²) in [6.07, 6.45) is 2.67. The highest BCUT2D eigenvalue weighted by Crippen LogP contribution is 2.08. The van der Waals surface area contributed by atoms with E-state index < -0.39 is 0 Å². The summed E-state index contributed by atoms with van der Waals surface area (Å²) >= 11 is 0. The SMILES string of the molecule is C.C.C.C.C.C.CC[N+](C)(C)CCC[N+](C)(C)C.CC[N+](CC)(CC)CCC[N+](C)(C)C.[Br-].[Br-].[Cl-].[Cl-]. The second kappa shape index (κ2) is 36.4. The van der Waals surface area contributed by atoms with Gasteiger partial charge in [-0.15, -0.1) is 0 Å². The van der Waals surface area contributed by atoms with Gasteiger partial charge in [0.05, 0.1) is 109 Å². The monoisotopic (exact) mass is 700 g/mol. The Kier molecular flexibility index (Phi) is 77.6. The molecule has 0 N–H and O–H groups in total. The third kappa shape index (κ3) is 48.4. The number of hydrogen-bond acceptors (Lipinski definition) is 0. The van der Waals surface area contributed by atoms with Crippen LogP contribution in [0.3, 0.4) is 0 Å². The molecule has 0 fully saturated rings. The molecule has 4 nitrogen and oxygen atoms in total. The molecule has 0 aliphatic carbocycles. The normalized spacial score (nSPS) is 9.67. The molecule has 0 spiro atoms. The largest absolute Gasteiger partial charge is 1.00 e. The maximum Gasteiger partial charge on any atom is 0.0840 e. The Bertz CT molecular complexity index is 348. The summed E-state index contributed by atoms with van der Waals surface area (Å²) in [7, 11) is 18.2. The third-order valence-corrected chi connectivity index (χ3v) is 5.92. The van der Waals surface area contributed by atoms with Crippen molar-refractivity contribution in [1.29, 1.82) is 0 Å². The van der Waals surface area contributed by atoms with Crippen molar-refractivity contribution >= 4 is 0 Å². The Morgan fingerprint density at radius 3 is 0.833 bits per heavy atom. The first kappa shape index (κ1) is 76.8. The summed E-state index contributed by atoms with van der Waals surface area (Å²) < 4.78 is 4.63. The number of hydrogen-bond donors (Lipinski definition) is 0. The maximum absolute atomic E-state index is 2.32. The lowest BCUT2D eigenvalue weighted by molar-refractivity contribution is -0.929. The molecule has 36 heavy (non-hydrogen) atoms. The molecule has 0 heterocycles. The first-order valence-corrected chi connectivity index (χ1v) is 10.9. The minimum Gasteiger partial charge on any atom is -1.00 e. The van der Waals surface area contributed by atoms with Gasteiger partial charge >= 0.3 is 0 Å². The maximum atomic E-state index is 2.32. The molecule has 0 aromatic heterocycles. The molecule has 0 saturated heterocycles. The van der Waals surface area contributed by atoms with Crippen LogP contribution in [0.2, 0.25) is 0 Å². The first-order valence-electron chi connectivity index (χ1n) is 10.9. The van der Waals surface area contributed by atoms with E-state index in [9.17, 15) is 0 Å². The Hall–Kier alpha value is 1.38. The highest BCUT2D eigenvalue weighted by Gasteiger charge is 2.21. The quantitative estimate of drug-likeness (QED) is 0.179. The van der Waals surface area contributed by atoms with Crippen LogP contribution < -0.4 is 58.8 Å². The topological polar surface area (TPSA) is 0 Å². The van der Waals surface area contributed by atoms with Crippen LogP contribution in [0.5, 0.6) is 0 Å². The third-order valence-electron chi connectivity index (χ3n) is 5.92. The van der Waals surface area contributed by atoms with Crippen LogP contribution in [0, 0.1) is 0 Å². The summed E-state index contributed by atoms with van der Waals surface area (Å²) in [6, 6.07) is 0. The summed E-state index contributed by atoms with van der Waals surface area (Å²) in [5.74, 6) is 0. The molecule has 0 rings (SSSR count). The number of halogens is 4. The highest BCUT2D eigenvalue weighted by molar-refractivity contribution is 4.40. The van der Waals surface area contributed by atoms with Crippen molar-refractivity contribution < 1.29 is 76.7 Å². The fraction of sp³-hybridized carbons (Fsp3) is 1.00. The van der Waals surface area contributed by atoms with Crippen molar-refractivity contribution in [2.45, 2.75) is 85.1 Å². The molecule has 0 unspecified atom stereocenters. The second-order valence-electron chi connectivity index (χ2n) is 10.7. The summed E-state index contributed by atoms with van der Waals surface area (Å²) in [6.45, 7) is 19.5. The molecule has 0 aromatic carbocycles. The van der Waals surface area contributed by atoms with Gasteiger partial charge in [-0.25, -0.2) is 0 Å². The molecule has 240 valence electrons. The van der Waals surface area contributed by atoms with Crippen LogP contribution >= 0.6 is 0 Å². The molecule has 0 atom stereocenters. The van der Waals surface area contributed by atoms with Crippen LogP contribution in [0.25, 0.3) is 0 Å². The highest BCUT2D eigenvalue weighted by atomic mass is 79.9. The number of nitrogens with zero attached hydrogens (tertiary/aromatic N) is 4. The van der Waals surface area contributed by atoms with Gasteiger partial charge in [0, 0.05) is 12.8 Å². The van der Waals surface area contributed by atoms with Crippen LogP contribution in [0.4, 0.5) is 0 Å². The van der Waals surface area contributed by atoms with Gasteiger partial charge in [-0.2, -0.15) is 0 Å². The van der Waals surface area contributed by atoms with Crippen LogP contribution in [-0.2, 0) is 0 Å². The van der Waals surface area contributed by atoms with Gasteiger partial charge < -0.3 is 76.7 Å². The lowest BCUT2D eigenvalue weighted by Gasteiger charge is -2.36. The minimum atomic E-state index is 0. The molecule has 0 aliphatic rings. The van der Waals surface area contributed by atoms with Gasteiger partial charge in [0.2, 0.25) is 0 Å².